The van der Waals surface area contributed by atoms with Gasteiger partial charge < -0.3 is 4.57 Å². The summed E-state index contributed by atoms with van der Waals surface area (Å²) in [6.07, 6.45) is 6.31. The van der Waals surface area contributed by atoms with Crippen molar-refractivity contribution in [1.29, 1.82) is 0 Å². The first kappa shape index (κ1) is 26.2. The average Bonchev–Trinajstić information content (AvgIpc) is 2.16. The van der Waals surface area contributed by atoms with Crippen LogP contribution in [0.5, 0.6) is 0 Å². The van der Waals surface area contributed by atoms with Gasteiger partial charge in [-0.05, 0) is 53.3 Å². The topological polar surface area (TPSA) is 17.1 Å². The highest BCUT2D eigenvalue weighted by atomic mass is 31.2. The van der Waals surface area contributed by atoms with E-state index in [1.54, 1.807) is 0 Å². The van der Waals surface area contributed by atoms with Crippen molar-refractivity contribution in [3.8, 4) is 0 Å². The van der Waals surface area contributed by atoms with E-state index in [0.29, 0.717) is 34.0 Å². The Balaban J connectivity index is 5.21. The molecule has 0 N–H and O–H groups in total. The summed E-state index contributed by atoms with van der Waals surface area (Å²) in [4.78, 5) is 0. The molecule has 0 amide bonds. The number of hydrogen-bond acceptors (Lipinski definition) is 1. The Morgan fingerprint density at radius 3 is 0.885 bits per heavy atom. The molecule has 0 aliphatic heterocycles. The van der Waals surface area contributed by atoms with E-state index in [2.05, 4.69) is 83.1 Å². The fourth-order valence-electron chi connectivity index (χ4n) is 5.26. The van der Waals surface area contributed by atoms with Crippen LogP contribution in [-0.4, -0.2) is 18.5 Å². The summed E-state index contributed by atoms with van der Waals surface area (Å²) in [5.41, 5.74) is 0.953. The van der Waals surface area contributed by atoms with Crippen LogP contribution >= 0.6 is 7.14 Å². The molecule has 0 saturated heterocycles. The lowest BCUT2D eigenvalue weighted by molar-refractivity contribution is 0.310. The second-order valence-electron chi connectivity index (χ2n) is 13.2. The summed E-state index contributed by atoms with van der Waals surface area (Å²) >= 11 is 0. The molecule has 0 radical (unpaired) electrons. The van der Waals surface area contributed by atoms with Crippen LogP contribution in [-0.2, 0) is 4.57 Å². The zero-order valence-electron chi connectivity index (χ0n) is 20.3. The van der Waals surface area contributed by atoms with Gasteiger partial charge in [0.25, 0.3) is 0 Å². The van der Waals surface area contributed by atoms with Crippen LogP contribution in [0.15, 0.2) is 0 Å². The summed E-state index contributed by atoms with van der Waals surface area (Å²) in [7, 11) is -2.15. The zero-order valence-corrected chi connectivity index (χ0v) is 21.2. The molecule has 0 aromatic carbocycles. The molecule has 3 unspecified atom stereocenters. The van der Waals surface area contributed by atoms with Crippen LogP contribution in [0.2, 0.25) is 0 Å². The normalized spacial score (nSPS) is 19.7. The third kappa shape index (κ3) is 14.3. The first-order valence-electron chi connectivity index (χ1n) is 10.9. The van der Waals surface area contributed by atoms with Crippen molar-refractivity contribution in [2.24, 2.45) is 34.0 Å². The SMILES string of the molecule is CC(CC(C)(C)C)CP(=O)(CC(C)CC(C)(C)C)CC(C)CC(C)(C)C. The summed E-state index contributed by atoms with van der Waals surface area (Å²) in [5, 5.41) is 0. The van der Waals surface area contributed by atoms with Crippen molar-refractivity contribution in [3.05, 3.63) is 0 Å². The third-order valence-electron chi connectivity index (χ3n) is 4.82. The van der Waals surface area contributed by atoms with E-state index >= 15 is 0 Å². The maximum Gasteiger partial charge on any atom is 0.0885 e. The van der Waals surface area contributed by atoms with E-state index in [9.17, 15) is 4.57 Å². The van der Waals surface area contributed by atoms with Gasteiger partial charge >= 0.3 is 0 Å². The molecule has 0 heterocycles. The van der Waals surface area contributed by atoms with E-state index in [1.165, 1.54) is 0 Å². The van der Waals surface area contributed by atoms with Crippen LogP contribution < -0.4 is 0 Å². The van der Waals surface area contributed by atoms with Gasteiger partial charge in [0.1, 0.15) is 0 Å². The summed E-state index contributed by atoms with van der Waals surface area (Å²) in [5.74, 6) is 1.64. The molecule has 0 aliphatic rings. The Bertz CT molecular complexity index is 378. The van der Waals surface area contributed by atoms with Crippen molar-refractivity contribution >= 4 is 7.14 Å². The Morgan fingerprint density at radius 2 is 0.731 bits per heavy atom. The van der Waals surface area contributed by atoms with E-state index in [0.717, 1.165) is 37.7 Å². The highest BCUT2D eigenvalue weighted by Gasteiger charge is 2.32. The average molecular weight is 387 g/mol. The number of rotatable bonds is 9. The van der Waals surface area contributed by atoms with Gasteiger partial charge in [0.05, 0.1) is 7.14 Å². The standard InChI is InChI=1S/C24H51OP/c1-19(13-22(4,5)6)16-26(25,17-20(2)14-23(7,8)9)18-21(3)15-24(10,11)12/h19-21H,13-18H2,1-12H3. The maximum absolute atomic E-state index is 14.1. The largest absolute Gasteiger partial charge is 0.324 e. The molecule has 0 fully saturated rings. The van der Waals surface area contributed by atoms with Crippen molar-refractivity contribution in [2.45, 2.75) is 102 Å². The summed E-state index contributed by atoms with van der Waals surface area (Å²) < 4.78 is 14.1. The minimum atomic E-state index is -2.15. The molecule has 0 aliphatic carbocycles. The monoisotopic (exact) mass is 386 g/mol. The van der Waals surface area contributed by atoms with Crippen molar-refractivity contribution in [3.63, 3.8) is 0 Å². The van der Waals surface area contributed by atoms with Gasteiger partial charge in [0.15, 0.2) is 0 Å². The third-order valence-corrected chi connectivity index (χ3v) is 8.68. The molecule has 2 heteroatoms. The fourth-order valence-corrected chi connectivity index (χ4v) is 9.50. The molecule has 0 rings (SSSR count). The molecule has 158 valence electrons. The Labute approximate surface area is 166 Å². The minimum absolute atomic E-state index is 0.318. The van der Waals surface area contributed by atoms with E-state index in [1.807, 2.05) is 0 Å². The molecule has 3 atom stereocenters. The van der Waals surface area contributed by atoms with Gasteiger partial charge in [-0.2, -0.15) is 0 Å². The lowest BCUT2D eigenvalue weighted by atomic mass is 9.86. The maximum atomic E-state index is 14.1. The predicted molar refractivity (Wildman–Crippen MR) is 122 cm³/mol. The van der Waals surface area contributed by atoms with E-state index < -0.39 is 7.14 Å². The van der Waals surface area contributed by atoms with Crippen LogP contribution in [0.25, 0.3) is 0 Å². The van der Waals surface area contributed by atoms with E-state index in [4.69, 9.17) is 0 Å². The van der Waals surface area contributed by atoms with Crippen molar-refractivity contribution < 1.29 is 4.57 Å². The lowest BCUT2D eigenvalue weighted by Crippen LogP contribution is -2.22. The minimum Gasteiger partial charge on any atom is -0.324 e. The predicted octanol–water partition coefficient (Wildman–Crippen LogP) is 8.57. The Morgan fingerprint density at radius 1 is 0.538 bits per heavy atom. The molecule has 0 aromatic rings. The molecule has 1 nitrogen and oxygen atoms in total. The second kappa shape index (κ2) is 9.62. The van der Waals surface area contributed by atoms with Gasteiger partial charge in [0, 0.05) is 18.5 Å². The summed E-state index contributed by atoms with van der Waals surface area (Å²) in [6, 6.07) is 0. The van der Waals surface area contributed by atoms with Gasteiger partial charge in [-0.1, -0.05) is 83.1 Å². The van der Waals surface area contributed by atoms with Crippen molar-refractivity contribution in [2.75, 3.05) is 18.5 Å². The molecule has 26 heavy (non-hydrogen) atoms. The van der Waals surface area contributed by atoms with Crippen molar-refractivity contribution in [1.82, 2.24) is 0 Å². The first-order valence-corrected chi connectivity index (χ1v) is 13.1. The van der Waals surface area contributed by atoms with Crippen LogP contribution in [0.1, 0.15) is 102 Å². The molecule has 0 aromatic heterocycles. The Kier molecular flexibility index (Phi) is 9.71. The first-order chi connectivity index (χ1) is 11.3. The van der Waals surface area contributed by atoms with Gasteiger partial charge in [-0.15, -0.1) is 0 Å². The quantitative estimate of drug-likeness (QED) is 0.363. The summed E-state index contributed by atoms with van der Waals surface area (Å²) in [6.45, 7) is 27.7. The molecular formula is C24H51OP. The number of hydrogen-bond donors (Lipinski definition) is 0. The highest BCUT2D eigenvalue weighted by molar-refractivity contribution is 7.63. The van der Waals surface area contributed by atoms with Crippen LogP contribution in [0.3, 0.4) is 0 Å². The second-order valence-corrected chi connectivity index (χ2v) is 16.4. The highest BCUT2D eigenvalue weighted by Crippen LogP contribution is 2.53. The zero-order chi connectivity index (χ0) is 21.0. The van der Waals surface area contributed by atoms with E-state index in [-0.39, 0.29) is 0 Å². The van der Waals surface area contributed by atoms with Crippen LogP contribution in [0.4, 0.5) is 0 Å². The van der Waals surface area contributed by atoms with Gasteiger partial charge in [-0.3, -0.25) is 0 Å². The molecule has 0 bridgehead atoms. The molecule has 0 saturated carbocycles. The fraction of sp³-hybridized carbons (Fsp3) is 1.00. The van der Waals surface area contributed by atoms with Crippen LogP contribution in [0, 0.1) is 34.0 Å². The Hall–Kier alpha value is 0.230. The smallest absolute Gasteiger partial charge is 0.0885 e. The lowest BCUT2D eigenvalue weighted by Gasteiger charge is -2.33. The van der Waals surface area contributed by atoms with Gasteiger partial charge in [0.2, 0.25) is 0 Å². The van der Waals surface area contributed by atoms with Gasteiger partial charge in [-0.25, -0.2) is 0 Å². The molecule has 0 spiro atoms. The molecular weight excluding hydrogens is 335 g/mol.